The van der Waals surface area contributed by atoms with Crippen molar-refractivity contribution >= 4 is 40.1 Å². The molecule has 2 saturated carbocycles. The van der Waals surface area contributed by atoms with E-state index in [4.69, 9.17) is 23.2 Å². The maximum atomic E-state index is 15.2. The predicted octanol–water partition coefficient (Wildman–Crippen LogP) is 4.38. The van der Waals surface area contributed by atoms with E-state index in [1.54, 1.807) is 12.1 Å². The Bertz CT molecular complexity index is 1250. The molecule has 6 rings (SSSR count). The summed E-state index contributed by atoms with van der Waals surface area (Å²) in [4.78, 5) is 17.6. The Morgan fingerprint density at radius 3 is 2.41 bits per heavy atom. The van der Waals surface area contributed by atoms with E-state index in [9.17, 15) is 14.2 Å². The summed E-state index contributed by atoms with van der Waals surface area (Å²) in [7, 11) is -1.86. The Morgan fingerprint density at radius 2 is 1.81 bits per heavy atom. The van der Waals surface area contributed by atoms with Crippen LogP contribution < -0.4 is 4.47 Å². The zero-order valence-electron chi connectivity index (χ0n) is 20.6. The summed E-state index contributed by atoms with van der Waals surface area (Å²) in [5.41, 5.74) is 2.72. The minimum atomic E-state index is -1.86. The number of likely N-dealkylation sites (tertiary alicyclic amines) is 2. The molecule has 4 aliphatic rings. The van der Waals surface area contributed by atoms with Gasteiger partial charge in [-0.1, -0.05) is 23.2 Å². The Balaban J connectivity index is 1.17. The molecule has 2 unspecified atom stereocenters. The average molecular weight is 567 g/mol. The van der Waals surface area contributed by atoms with Crippen LogP contribution in [0.2, 0.25) is 10.0 Å². The topological polar surface area (TPSA) is 68.1 Å². The highest BCUT2D eigenvalue weighted by atomic mass is 35.5. The lowest BCUT2D eigenvalue weighted by atomic mass is 9.98. The van der Waals surface area contributed by atoms with Crippen molar-refractivity contribution in [2.45, 2.75) is 74.9 Å². The van der Waals surface area contributed by atoms with Gasteiger partial charge < -0.3 is 5.21 Å². The van der Waals surface area contributed by atoms with E-state index >= 15 is 4.39 Å². The lowest BCUT2D eigenvalue weighted by molar-refractivity contribution is -0.601. The minimum Gasteiger partial charge on any atom is -0.612 e. The quantitative estimate of drug-likeness (QED) is 0.481. The maximum Gasteiger partial charge on any atom is 0.360 e. The van der Waals surface area contributed by atoms with Crippen LogP contribution in [0.4, 0.5) is 4.39 Å². The normalized spacial score (nSPS) is 26.4. The number of halogens is 3. The smallest absolute Gasteiger partial charge is 0.360 e. The van der Waals surface area contributed by atoms with Crippen molar-refractivity contribution in [3.63, 3.8) is 0 Å². The molecular formula is C27H30Cl2FN3O3S. The van der Waals surface area contributed by atoms with E-state index in [-0.39, 0.29) is 22.8 Å². The molecule has 10 heteroatoms. The van der Waals surface area contributed by atoms with Crippen molar-refractivity contribution < 1.29 is 17.9 Å². The van der Waals surface area contributed by atoms with Crippen LogP contribution in [0.5, 0.6) is 0 Å². The highest BCUT2D eigenvalue weighted by molar-refractivity contribution is 7.79. The molecule has 2 aliphatic heterocycles. The number of carbonyl (C=O) groups is 1. The van der Waals surface area contributed by atoms with Crippen LogP contribution in [0, 0.1) is 11.0 Å². The number of nitrogens with zero attached hydrogens (tertiary/aromatic N) is 2. The molecule has 2 aromatic rings. The molecule has 6 nitrogen and oxygen atoms in total. The molecule has 2 heterocycles. The fourth-order valence-electron chi connectivity index (χ4n) is 6.03. The van der Waals surface area contributed by atoms with Gasteiger partial charge >= 0.3 is 5.91 Å². The van der Waals surface area contributed by atoms with Gasteiger partial charge in [0.15, 0.2) is 0 Å². The first-order valence-corrected chi connectivity index (χ1v) is 14.9. The molecule has 4 fully saturated rings. The second-order valence-corrected chi connectivity index (χ2v) is 13.5. The SMILES string of the molecule is C[C@@H](c1cc(Cl)cc(Cl)c1)N1C[C@@H]2C[C@H]1CN2Cc1cc(F)c(C(=O)[NH+]([O-])S(=O)C2CC2)cc1C1CC1. The van der Waals surface area contributed by atoms with Crippen LogP contribution in [0.3, 0.4) is 0 Å². The number of hydroxylamine groups is 1. The van der Waals surface area contributed by atoms with Crippen molar-refractivity contribution in [3.8, 4) is 0 Å². The summed E-state index contributed by atoms with van der Waals surface area (Å²) in [6.07, 6.45) is 4.41. The molecule has 1 amide bonds. The Hall–Kier alpha value is -1.39. The maximum absolute atomic E-state index is 15.2. The van der Waals surface area contributed by atoms with Crippen LogP contribution in [0.1, 0.15) is 78.0 Å². The van der Waals surface area contributed by atoms with Gasteiger partial charge in [0.05, 0.1) is 5.25 Å². The van der Waals surface area contributed by atoms with Crippen molar-refractivity contribution in [2.24, 2.45) is 0 Å². The van der Waals surface area contributed by atoms with E-state index in [0.29, 0.717) is 41.5 Å². The second kappa shape index (κ2) is 9.97. The highest BCUT2D eigenvalue weighted by Gasteiger charge is 2.45. The second-order valence-electron chi connectivity index (χ2n) is 11.0. The first kappa shape index (κ1) is 25.9. The third-order valence-corrected chi connectivity index (χ3v) is 10.4. The van der Waals surface area contributed by atoms with Gasteiger partial charge in [-0.15, -0.1) is 0 Å². The van der Waals surface area contributed by atoms with Crippen molar-refractivity contribution in [2.75, 3.05) is 13.1 Å². The molecule has 37 heavy (non-hydrogen) atoms. The lowest BCUT2D eigenvalue weighted by Gasteiger charge is -2.38. The van der Waals surface area contributed by atoms with Crippen LogP contribution in [-0.4, -0.2) is 50.3 Å². The number of rotatable bonds is 8. The van der Waals surface area contributed by atoms with E-state index in [2.05, 4.69) is 16.7 Å². The van der Waals surface area contributed by atoms with Gasteiger partial charge in [0.1, 0.15) is 11.4 Å². The zero-order chi connectivity index (χ0) is 26.0. The summed E-state index contributed by atoms with van der Waals surface area (Å²) in [6, 6.07) is 9.64. The van der Waals surface area contributed by atoms with E-state index < -0.39 is 27.2 Å². The number of hydrogen-bond acceptors (Lipinski definition) is 5. The number of carbonyl (C=O) groups excluding carboxylic acids is 1. The van der Waals surface area contributed by atoms with Gasteiger partial charge in [0.2, 0.25) is 11.0 Å². The first-order chi connectivity index (χ1) is 17.7. The van der Waals surface area contributed by atoms with Crippen LogP contribution >= 0.6 is 23.2 Å². The molecule has 0 aromatic heterocycles. The number of amides is 1. The molecule has 2 aromatic carbocycles. The molecule has 2 aliphatic carbocycles. The lowest BCUT2D eigenvalue weighted by Crippen LogP contribution is -3.10. The summed E-state index contributed by atoms with van der Waals surface area (Å²) in [5.74, 6) is -1.36. The van der Waals surface area contributed by atoms with E-state index in [1.165, 1.54) is 6.07 Å². The number of benzene rings is 2. The van der Waals surface area contributed by atoms with Gasteiger partial charge in [0.25, 0.3) is 0 Å². The average Bonchev–Trinajstić information content (AvgIpc) is 3.79. The third-order valence-electron chi connectivity index (χ3n) is 8.32. The monoisotopic (exact) mass is 565 g/mol. The summed E-state index contributed by atoms with van der Waals surface area (Å²) in [6.45, 7) is 4.59. The minimum absolute atomic E-state index is 0.192. The largest absolute Gasteiger partial charge is 0.612 e. The number of quaternary nitrogens is 1. The standard InChI is InChI=1S/C27H30Cl2FN3O3S/c1-15(17-6-19(28)9-20(29)7-17)32-14-21-10-22(32)13-31(21)12-18-8-26(30)25(11-24(18)16-2-3-16)27(34)33(35)37(36)23-4-5-23/h6-9,11,15-16,21-23,33H,2-5,10,12-14H2,1H3/t15-,21-,22-,37?/m0/s1. The highest BCUT2D eigenvalue weighted by Crippen LogP contribution is 2.44. The third kappa shape index (κ3) is 5.14. The first-order valence-electron chi connectivity index (χ1n) is 13.0. The summed E-state index contributed by atoms with van der Waals surface area (Å²) in [5, 5.41) is 13.4. The number of nitrogens with one attached hydrogen (secondary N) is 1. The molecule has 5 atom stereocenters. The van der Waals surface area contributed by atoms with Crippen molar-refractivity contribution in [1.82, 2.24) is 9.80 Å². The van der Waals surface area contributed by atoms with Gasteiger partial charge in [-0.25, -0.2) is 13.7 Å². The fraction of sp³-hybridized carbons (Fsp3) is 0.519. The molecule has 198 valence electrons. The Morgan fingerprint density at radius 1 is 1.11 bits per heavy atom. The van der Waals surface area contributed by atoms with Gasteiger partial charge in [-0.3, -0.25) is 9.80 Å². The zero-order valence-corrected chi connectivity index (χ0v) is 22.9. The molecule has 2 bridgehead atoms. The number of piperazine rings is 1. The fourth-order valence-corrected chi connectivity index (χ4v) is 7.73. The van der Waals surface area contributed by atoms with Gasteiger partial charge in [-0.05, 0) is 92.0 Å². The molecule has 2 saturated heterocycles. The summed E-state index contributed by atoms with van der Waals surface area (Å²) < 4.78 is 26.4. The molecule has 0 radical (unpaired) electrons. The molecular weight excluding hydrogens is 536 g/mol. The predicted molar refractivity (Wildman–Crippen MR) is 142 cm³/mol. The molecule has 1 N–H and O–H groups in total. The van der Waals surface area contributed by atoms with Crippen LogP contribution in [0.15, 0.2) is 30.3 Å². The van der Waals surface area contributed by atoms with E-state index in [1.807, 2.05) is 12.1 Å². The van der Waals surface area contributed by atoms with Crippen molar-refractivity contribution in [3.05, 3.63) is 73.7 Å². The van der Waals surface area contributed by atoms with Gasteiger partial charge in [-0.2, -0.15) is 4.21 Å². The molecule has 0 spiro atoms. The van der Waals surface area contributed by atoms with Crippen LogP contribution in [-0.2, 0) is 17.5 Å². The Kier molecular flexibility index (Phi) is 6.97. The number of hydrogen-bond donors (Lipinski definition) is 1. The summed E-state index contributed by atoms with van der Waals surface area (Å²) >= 11 is 12.5. The Labute approximate surface area is 228 Å². The van der Waals surface area contributed by atoms with E-state index in [0.717, 1.165) is 49.0 Å². The van der Waals surface area contributed by atoms with Crippen LogP contribution in [0.25, 0.3) is 0 Å². The van der Waals surface area contributed by atoms with Crippen molar-refractivity contribution in [1.29, 1.82) is 0 Å². The number of fused-ring (bicyclic) bond motifs is 2. The van der Waals surface area contributed by atoms with Gasteiger partial charge in [0, 0.05) is 47.8 Å².